The second-order valence-corrected chi connectivity index (χ2v) is 3.85. The highest BCUT2D eigenvalue weighted by Gasteiger charge is 2.30. The lowest BCUT2D eigenvalue weighted by Gasteiger charge is -2.23. The van der Waals surface area contributed by atoms with Crippen LogP contribution < -0.4 is 19.1 Å². The first-order chi connectivity index (χ1) is 8.82. The molecule has 7 heteroatoms. The van der Waals surface area contributed by atoms with Crippen LogP contribution in [0.2, 0.25) is 0 Å². The number of benzene rings is 1. The summed E-state index contributed by atoms with van der Waals surface area (Å²) >= 11 is 0. The van der Waals surface area contributed by atoms with E-state index in [4.69, 9.17) is 14.2 Å². The Morgan fingerprint density at radius 2 is 1.47 bits per heavy atom. The highest BCUT2D eigenvalue weighted by molar-refractivity contribution is 5.63. The minimum absolute atomic E-state index is 0.311. The summed E-state index contributed by atoms with van der Waals surface area (Å²) in [6.07, 6.45) is -4.28. The normalized spacial score (nSPS) is 11.1. The first-order valence-electron chi connectivity index (χ1n) is 5.40. The monoisotopic (exact) mass is 279 g/mol. The standard InChI is InChI=1S/C12H16F3NO3/c1-16(7-12(13,14)15)8-5-9(17-2)11(19-4)10(6-8)18-3/h5-6H,7H2,1-4H3. The number of anilines is 1. The Kier molecular flexibility index (Phi) is 4.74. The zero-order valence-corrected chi connectivity index (χ0v) is 11.2. The van der Waals surface area contributed by atoms with Crippen LogP contribution in [-0.2, 0) is 0 Å². The maximum Gasteiger partial charge on any atom is 0.405 e. The molecule has 0 N–H and O–H groups in total. The molecule has 0 saturated heterocycles. The summed E-state index contributed by atoms with van der Waals surface area (Å²) in [5.41, 5.74) is 0.326. The molecule has 0 saturated carbocycles. The third-order valence-electron chi connectivity index (χ3n) is 2.51. The van der Waals surface area contributed by atoms with E-state index in [1.165, 1.54) is 40.5 Å². The molecule has 0 unspecified atom stereocenters. The number of nitrogens with zero attached hydrogens (tertiary/aromatic N) is 1. The van der Waals surface area contributed by atoms with Crippen LogP contribution in [-0.4, -0.2) is 41.1 Å². The summed E-state index contributed by atoms with van der Waals surface area (Å²) in [4.78, 5) is 1.06. The van der Waals surface area contributed by atoms with Crippen LogP contribution in [0.25, 0.3) is 0 Å². The Morgan fingerprint density at radius 1 is 1.00 bits per heavy atom. The van der Waals surface area contributed by atoms with Gasteiger partial charge in [0.15, 0.2) is 11.5 Å². The summed E-state index contributed by atoms with van der Waals surface area (Å²) in [5.74, 6) is 0.964. The van der Waals surface area contributed by atoms with Gasteiger partial charge in [0, 0.05) is 24.9 Å². The van der Waals surface area contributed by atoms with Crippen molar-refractivity contribution in [2.45, 2.75) is 6.18 Å². The molecule has 0 bridgehead atoms. The van der Waals surface area contributed by atoms with Gasteiger partial charge in [0.1, 0.15) is 6.54 Å². The molecule has 0 aromatic heterocycles. The number of hydrogen-bond acceptors (Lipinski definition) is 4. The fraction of sp³-hybridized carbons (Fsp3) is 0.500. The third-order valence-corrected chi connectivity index (χ3v) is 2.51. The van der Waals surface area contributed by atoms with Crippen molar-refractivity contribution >= 4 is 5.69 Å². The van der Waals surface area contributed by atoms with Crippen LogP contribution in [0, 0.1) is 0 Å². The molecule has 1 rings (SSSR count). The molecule has 19 heavy (non-hydrogen) atoms. The van der Waals surface area contributed by atoms with E-state index >= 15 is 0 Å². The van der Waals surface area contributed by atoms with E-state index in [1.807, 2.05) is 0 Å². The topological polar surface area (TPSA) is 30.9 Å². The van der Waals surface area contributed by atoms with Crippen LogP contribution in [0.15, 0.2) is 12.1 Å². The lowest BCUT2D eigenvalue weighted by molar-refractivity contribution is -0.119. The minimum atomic E-state index is -4.28. The molecule has 0 spiro atoms. The summed E-state index contributed by atoms with van der Waals surface area (Å²) in [7, 11) is 5.59. The smallest absolute Gasteiger partial charge is 0.405 e. The first-order valence-corrected chi connectivity index (χ1v) is 5.40. The van der Waals surface area contributed by atoms with Crippen molar-refractivity contribution in [3.63, 3.8) is 0 Å². The van der Waals surface area contributed by atoms with Crippen molar-refractivity contribution in [1.29, 1.82) is 0 Å². The number of rotatable bonds is 5. The molecule has 1 aromatic carbocycles. The SMILES string of the molecule is COc1cc(N(C)CC(F)(F)F)cc(OC)c1OC. The van der Waals surface area contributed by atoms with Crippen molar-refractivity contribution in [1.82, 2.24) is 0 Å². The number of hydrogen-bond donors (Lipinski definition) is 0. The van der Waals surface area contributed by atoms with E-state index in [-0.39, 0.29) is 0 Å². The summed E-state index contributed by atoms with van der Waals surface area (Å²) in [6, 6.07) is 2.93. The summed E-state index contributed by atoms with van der Waals surface area (Å²) < 4.78 is 52.4. The van der Waals surface area contributed by atoms with Gasteiger partial charge in [0.25, 0.3) is 0 Å². The molecule has 108 valence electrons. The summed E-state index contributed by atoms with van der Waals surface area (Å²) in [5, 5.41) is 0. The molecule has 0 aliphatic carbocycles. The molecule has 0 aliphatic rings. The molecule has 0 fully saturated rings. The number of ether oxygens (including phenoxy) is 3. The fourth-order valence-corrected chi connectivity index (χ4v) is 1.65. The van der Waals surface area contributed by atoms with Crippen molar-refractivity contribution in [2.75, 3.05) is 39.8 Å². The fourth-order valence-electron chi connectivity index (χ4n) is 1.65. The Hall–Kier alpha value is -1.79. The molecule has 0 radical (unpaired) electrons. The van der Waals surface area contributed by atoms with Gasteiger partial charge in [-0.1, -0.05) is 0 Å². The third kappa shape index (κ3) is 3.84. The second-order valence-electron chi connectivity index (χ2n) is 3.85. The predicted octanol–water partition coefficient (Wildman–Crippen LogP) is 2.71. The Morgan fingerprint density at radius 3 is 1.79 bits per heavy atom. The molecule has 0 heterocycles. The summed E-state index contributed by atoms with van der Waals surface area (Å²) in [6.45, 7) is -1.06. The number of alkyl halides is 3. The molecular weight excluding hydrogens is 263 g/mol. The van der Waals surface area contributed by atoms with Crippen LogP contribution in [0.1, 0.15) is 0 Å². The Bertz CT molecular complexity index is 410. The van der Waals surface area contributed by atoms with E-state index < -0.39 is 12.7 Å². The van der Waals surface area contributed by atoms with Gasteiger partial charge in [-0.2, -0.15) is 13.2 Å². The number of methoxy groups -OCH3 is 3. The quantitative estimate of drug-likeness (QED) is 0.829. The van der Waals surface area contributed by atoms with Gasteiger partial charge in [-0.05, 0) is 0 Å². The average Bonchev–Trinajstić information content (AvgIpc) is 2.34. The van der Waals surface area contributed by atoms with Crippen LogP contribution in [0.3, 0.4) is 0 Å². The van der Waals surface area contributed by atoms with E-state index in [2.05, 4.69) is 0 Å². The lowest BCUT2D eigenvalue weighted by atomic mass is 10.2. The number of halogens is 3. The minimum Gasteiger partial charge on any atom is -0.493 e. The maximum atomic E-state index is 12.4. The molecule has 0 atom stereocenters. The second kappa shape index (κ2) is 5.90. The first kappa shape index (κ1) is 15.3. The van der Waals surface area contributed by atoms with Crippen LogP contribution >= 0.6 is 0 Å². The predicted molar refractivity (Wildman–Crippen MR) is 65.4 cm³/mol. The molecule has 0 aliphatic heterocycles. The molecule has 4 nitrogen and oxygen atoms in total. The van der Waals surface area contributed by atoms with Crippen molar-refractivity contribution in [3.05, 3.63) is 12.1 Å². The van der Waals surface area contributed by atoms with Crippen molar-refractivity contribution < 1.29 is 27.4 Å². The van der Waals surface area contributed by atoms with Gasteiger partial charge in [-0.15, -0.1) is 0 Å². The van der Waals surface area contributed by atoms with Crippen molar-refractivity contribution in [3.8, 4) is 17.2 Å². The van der Waals surface area contributed by atoms with Gasteiger partial charge < -0.3 is 19.1 Å². The van der Waals surface area contributed by atoms with E-state index in [0.717, 1.165) is 4.90 Å². The zero-order chi connectivity index (χ0) is 14.6. The highest BCUT2D eigenvalue weighted by atomic mass is 19.4. The van der Waals surface area contributed by atoms with Gasteiger partial charge in [-0.25, -0.2) is 0 Å². The van der Waals surface area contributed by atoms with E-state index in [9.17, 15) is 13.2 Å². The van der Waals surface area contributed by atoms with Gasteiger partial charge >= 0.3 is 6.18 Å². The Labute approximate surface area is 109 Å². The van der Waals surface area contributed by atoms with Crippen LogP contribution in [0.5, 0.6) is 17.2 Å². The molecule has 1 aromatic rings. The van der Waals surface area contributed by atoms with Gasteiger partial charge in [0.2, 0.25) is 5.75 Å². The largest absolute Gasteiger partial charge is 0.493 e. The average molecular weight is 279 g/mol. The molecular formula is C12H16F3NO3. The Balaban J connectivity index is 3.15. The highest BCUT2D eigenvalue weighted by Crippen LogP contribution is 2.41. The molecule has 0 amide bonds. The van der Waals surface area contributed by atoms with Crippen LogP contribution in [0.4, 0.5) is 18.9 Å². The lowest BCUT2D eigenvalue weighted by Crippen LogP contribution is -2.30. The van der Waals surface area contributed by atoms with E-state index in [0.29, 0.717) is 22.9 Å². The zero-order valence-electron chi connectivity index (χ0n) is 11.2. The van der Waals surface area contributed by atoms with Gasteiger partial charge in [-0.3, -0.25) is 0 Å². The van der Waals surface area contributed by atoms with Crippen molar-refractivity contribution in [2.24, 2.45) is 0 Å². The van der Waals surface area contributed by atoms with Gasteiger partial charge in [0.05, 0.1) is 21.3 Å². The maximum absolute atomic E-state index is 12.4. The van der Waals surface area contributed by atoms with E-state index in [1.54, 1.807) is 0 Å².